The van der Waals surface area contributed by atoms with Gasteiger partial charge in [-0.25, -0.2) is 0 Å². The zero-order valence-corrected chi connectivity index (χ0v) is 20.0. The van der Waals surface area contributed by atoms with Gasteiger partial charge in [0.2, 0.25) is 5.91 Å². The maximum atomic E-state index is 12.3. The number of primary amides is 1. The fourth-order valence-corrected chi connectivity index (χ4v) is 5.11. The standard InChI is InChI=1S/C28H22Cl2N2O2/c1-2-34-19-12-9-17(10-13-19)16-32-24-8-3-5-21(28(31)33)27(24)20-14-11-18(15-25(20)32)26-22(29)6-4-7-23(26)30/h3-15H,2,16H2,1H3,(H2,31,33). The Morgan fingerprint density at radius 2 is 1.62 bits per heavy atom. The lowest BCUT2D eigenvalue weighted by Gasteiger charge is -2.11. The average Bonchev–Trinajstić information content (AvgIpc) is 3.13. The summed E-state index contributed by atoms with van der Waals surface area (Å²) in [6.07, 6.45) is 0. The Kier molecular flexibility index (Phi) is 5.94. The normalized spacial score (nSPS) is 11.3. The van der Waals surface area contributed by atoms with Crippen molar-refractivity contribution in [1.82, 2.24) is 4.57 Å². The molecule has 4 nitrogen and oxygen atoms in total. The number of carbonyl (C=O) groups excluding carboxylic acids is 1. The molecule has 170 valence electrons. The molecule has 1 amide bonds. The van der Waals surface area contributed by atoms with Crippen molar-refractivity contribution in [3.05, 3.63) is 100 Å². The molecule has 1 aromatic heterocycles. The summed E-state index contributed by atoms with van der Waals surface area (Å²) in [5.41, 5.74) is 10.9. The van der Waals surface area contributed by atoms with Gasteiger partial charge in [-0.05, 0) is 60.5 Å². The minimum Gasteiger partial charge on any atom is -0.494 e. The number of aromatic nitrogens is 1. The number of rotatable bonds is 6. The van der Waals surface area contributed by atoms with E-state index in [1.807, 2.05) is 61.5 Å². The molecule has 0 aliphatic carbocycles. The Labute approximate surface area is 207 Å². The minimum absolute atomic E-state index is 0.455. The number of carbonyl (C=O) groups is 1. The van der Waals surface area contributed by atoms with Gasteiger partial charge < -0.3 is 15.0 Å². The van der Waals surface area contributed by atoms with Crippen molar-refractivity contribution in [3.63, 3.8) is 0 Å². The number of hydrogen-bond acceptors (Lipinski definition) is 2. The number of amides is 1. The molecule has 0 aliphatic heterocycles. The van der Waals surface area contributed by atoms with Gasteiger partial charge in [-0.3, -0.25) is 4.79 Å². The highest BCUT2D eigenvalue weighted by molar-refractivity contribution is 6.39. The second-order valence-electron chi connectivity index (χ2n) is 8.06. The Hall–Kier alpha value is -3.47. The molecule has 5 rings (SSSR count). The Bertz CT molecular complexity index is 1520. The molecule has 6 heteroatoms. The fourth-order valence-electron chi connectivity index (χ4n) is 4.49. The van der Waals surface area contributed by atoms with E-state index in [0.29, 0.717) is 28.8 Å². The zero-order valence-electron chi connectivity index (χ0n) is 18.5. The van der Waals surface area contributed by atoms with Gasteiger partial charge in [0.25, 0.3) is 0 Å². The summed E-state index contributed by atoms with van der Waals surface area (Å²) in [5.74, 6) is 0.379. The van der Waals surface area contributed by atoms with Crippen molar-refractivity contribution in [3.8, 4) is 16.9 Å². The van der Waals surface area contributed by atoms with Crippen LogP contribution in [0.25, 0.3) is 32.9 Å². The summed E-state index contributed by atoms with van der Waals surface area (Å²) in [6.45, 7) is 3.19. The number of fused-ring (bicyclic) bond motifs is 3. The lowest BCUT2D eigenvalue weighted by Crippen LogP contribution is -2.11. The SMILES string of the molecule is CCOc1ccc(Cn2c3cc(-c4c(Cl)cccc4Cl)ccc3c3c(C(N)=O)cccc32)cc1. The van der Waals surface area contributed by atoms with Gasteiger partial charge in [0.15, 0.2) is 0 Å². The van der Waals surface area contributed by atoms with Gasteiger partial charge in [-0.1, -0.05) is 59.6 Å². The number of nitrogens with two attached hydrogens (primary N) is 1. The molecule has 2 N–H and O–H groups in total. The maximum Gasteiger partial charge on any atom is 0.249 e. The molecule has 0 unspecified atom stereocenters. The van der Waals surface area contributed by atoms with Gasteiger partial charge in [-0.15, -0.1) is 0 Å². The molecule has 0 saturated heterocycles. The molecule has 1 heterocycles. The Morgan fingerprint density at radius 1 is 0.912 bits per heavy atom. The second-order valence-corrected chi connectivity index (χ2v) is 8.87. The quantitative estimate of drug-likeness (QED) is 0.272. The van der Waals surface area contributed by atoms with E-state index in [9.17, 15) is 4.79 Å². The highest BCUT2D eigenvalue weighted by Crippen LogP contribution is 2.39. The Balaban J connectivity index is 1.75. The van der Waals surface area contributed by atoms with Gasteiger partial charge in [0.1, 0.15) is 5.75 Å². The van der Waals surface area contributed by atoms with Crippen LogP contribution in [-0.4, -0.2) is 17.1 Å². The smallest absolute Gasteiger partial charge is 0.249 e. The van der Waals surface area contributed by atoms with Gasteiger partial charge in [0.05, 0.1) is 17.6 Å². The maximum absolute atomic E-state index is 12.3. The molecule has 0 aliphatic rings. The van der Waals surface area contributed by atoms with Crippen LogP contribution in [0.2, 0.25) is 10.0 Å². The number of ether oxygens (including phenoxy) is 1. The van der Waals surface area contributed by atoms with Crippen LogP contribution in [0.3, 0.4) is 0 Å². The van der Waals surface area contributed by atoms with E-state index in [2.05, 4.69) is 22.8 Å². The molecule has 0 spiro atoms. The molecule has 0 bridgehead atoms. The lowest BCUT2D eigenvalue weighted by molar-refractivity contribution is 0.100. The molecule has 34 heavy (non-hydrogen) atoms. The fraction of sp³-hybridized carbons (Fsp3) is 0.107. The largest absolute Gasteiger partial charge is 0.494 e. The summed E-state index contributed by atoms with van der Waals surface area (Å²) in [7, 11) is 0. The van der Waals surface area contributed by atoms with Crippen LogP contribution in [0.5, 0.6) is 5.75 Å². The van der Waals surface area contributed by atoms with Crippen molar-refractivity contribution in [2.24, 2.45) is 5.73 Å². The first-order valence-corrected chi connectivity index (χ1v) is 11.7. The topological polar surface area (TPSA) is 57.2 Å². The van der Waals surface area contributed by atoms with E-state index >= 15 is 0 Å². The van der Waals surface area contributed by atoms with Crippen molar-refractivity contribution in [2.45, 2.75) is 13.5 Å². The van der Waals surface area contributed by atoms with Crippen LogP contribution in [0.15, 0.2) is 78.9 Å². The molecule has 0 atom stereocenters. The van der Waals surface area contributed by atoms with Crippen LogP contribution in [0, 0.1) is 0 Å². The van der Waals surface area contributed by atoms with Crippen molar-refractivity contribution in [2.75, 3.05) is 6.61 Å². The molecule has 0 saturated carbocycles. The first kappa shape index (κ1) is 22.3. The monoisotopic (exact) mass is 488 g/mol. The van der Waals surface area contributed by atoms with Crippen LogP contribution >= 0.6 is 23.2 Å². The summed E-state index contributed by atoms with van der Waals surface area (Å²) in [5, 5.41) is 2.95. The molecular weight excluding hydrogens is 467 g/mol. The van der Waals surface area contributed by atoms with E-state index in [-0.39, 0.29) is 0 Å². The predicted molar refractivity (Wildman–Crippen MR) is 140 cm³/mol. The summed E-state index contributed by atoms with van der Waals surface area (Å²) in [4.78, 5) is 12.3. The molecular formula is C28H22Cl2N2O2. The third-order valence-electron chi connectivity index (χ3n) is 5.98. The average molecular weight is 489 g/mol. The van der Waals surface area contributed by atoms with E-state index in [4.69, 9.17) is 33.7 Å². The van der Waals surface area contributed by atoms with Crippen molar-refractivity contribution >= 4 is 50.9 Å². The number of benzene rings is 4. The number of hydrogen-bond donors (Lipinski definition) is 1. The third-order valence-corrected chi connectivity index (χ3v) is 6.61. The molecule has 0 radical (unpaired) electrons. The van der Waals surface area contributed by atoms with Crippen LogP contribution in [-0.2, 0) is 6.54 Å². The van der Waals surface area contributed by atoms with Crippen molar-refractivity contribution in [1.29, 1.82) is 0 Å². The van der Waals surface area contributed by atoms with Crippen molar-refractivity contribution < 1.29 is 9.53 Å². The van der Waals surface area contributed by atoms with Gasteiger partial charge in [0, 0.05) is 38.5 Å². The zero-order chi connectivity index (χ0) is 23.8. The highest BCUT2D eigenvalue weighted by Gasteiger charge is 2.18. The van der Waals surface area contributed by atoms with Crippen LogP contribution in [0.4, 0.5) is 0 Å². The predicted octanol–water partition coefficient (Wildman–Crippen LogP) is 7.31. The molecule has 5 aromatic rings. The first-order valence-electron chi connectivity index (χ1n) is 11.0. The Morgan fingerprint density at radius 3 is 2.29 bits per heavy atom. The summed E-state index contributed by atoms with van der Waals surface area (Å²) >= 11 is 13.0. The summed E-state index contributed by atoms with van der Waals surface area (Å²) in [6, 6.07) is 25.2. The third kappa shape index (κ3) is 3.89. The number of halogens is 2. The highest BCUT2D eigenvalue weighted by atomic mass is 35.5. The van der Waals surface area contributed by atoms with Crippen LogP contribution < -0.4 is 10.5 Å². The van der Waals surface area contributed by atoms with E-state index in [1.54, 1.807) is 6.07 Å². The van der Waals surface area contributed by atoms with E-state index < -0.39 is 5.91 Å². The summed E-state index contributed by atoms with van der Waals surface area (Å²) < 4.78 is 7.78. The lowest BCUT2D eigenvalue weighted by atomic mass is 10.0. The van der Waals surface area contributed by atoms with Gasteiger partial charge >= 0.3 is 0 Å². The van der Waals surface area contributed by atoms with Crippen LogP contribution in [0.1, 0.15) is 22.8 Å². The molecule has 0 fully saturated rings. The minimum atomic E-state index is -0.455. The van der Waals surface area contributed by atoms with E-state index in [1.165, 1.54) is 0 Å². The van der Waals surface area contributed by atoms with Gasteiger partial charge in [-0.2, -0.15) is 0 Å². The molecule has 4 aromatic carbocycles. The first-order chi connectivity index (χ1) is 16.5. The second kappa shape index (κ2) is 9.05. The number of nitrogens with zero attached hydrogens (tertiary/aromatic N) is 1. The van der Waals surface area contributed by atoms with E-state index in [0.717, 1.165) is 44.2 Å².